The molecular formula is C10H10F3NO. The molecule has 0 radical (unpaired) electrons. The van der Waals surface area contributed by atoms with E-state index in [4.69, 9.17) is 4.74 Å². The summed E-state index contributed by atoms with van der Waals surface area (Å²) in [5, 5.41) is 0. The molecule has 1 aromatic rings. The Morgan fingerprint density at radius 1 is 1.47 bits per heavy atom. The zero-order chi connectivity index (χ0) is 11.3. The van der Waals surface area contributed by atoms with Gasteiger partial charge in [0.15, 0.2) is 5.60 Å². The Morgan fingerprint density at radius 2 is 2.13 bits per heavy atom. The molecule has 0 saturated carbocycles. The summed E-state index contributed by atoms with van der Waals surface area (Å²) in [6.07, 6.45) is -2.20. The highest BCUT2D eigenvalue weighted by atomic mass is 19.4. The van der Waals surface area contributed by atoms with E-state index in [9.17, 15) is 13.2 Å². The molecular weight excluding hydrogens is 207 g/mol. The predicted molar refractivity (Wildman–Crippen MR) is 47.1 cm³/mol. The third-order valence-electron chi connectivity index (χ3n) is 2.76. The van der Waals surface area contributed by atoms with E-state index in [0.717, 1.165) is 6.92 Å². The Kier molecular flexibility index (Phi) is 2.05. The van der Waals surface area contributed by atoms with Gasteiger partial charge in [0.05, 0.1) is 6.10 Å². The fourth-order valence-electron chi connectivity index (χ4n) is 1.87. The summed E-state index contributed by atoms with van der Waals surface area (Å²) >= 11 is 0. The van der Waals surface area contributed by atoms with Crippen LogP contribution in [0.3, 0.4) is 0 Å². The maximum Gasteiger partial charge on any atom is 0.421 e. The van der Waals surface area contributed by atoms with Gasteiger partial charge < -0.3 is 4.74 Å². The molecule has 0 spiro atoms. The van der Waals surface area contributed by atoms with Crippen LogP contribution in [0.1, 0.15) is 31.1 Å². The summed E-state index contributed by atoms with van der Waals surface area (Å²) in [6, 6.07) is 1.37. The lowest BCUT2D eigenvalue weighted by atomic mass is 9.94. The molecule has 0 aromatic carbocycles. The van der Waals surface area contributed by atoms with Crippen LogP contribution in [-0.4, -0.2) is 11.2 Å². The van der Waals surface area contributed by atoms with Crippen molar-refractivity contribution in [3.63, 3.8) is 0 Å². The van der Waals surface area contributed by atoms with Crippen molar-refractivity contribution in [1.29, 1.82) is 0 Å². The number of hydrogen-bond acceptors (Lipinski definition) is 2. The predicted octanol–water partition coefficient (Wildman–Crippen LogP) is 2.95. The van der Waals surface area contributed by atoms with Crippen LogP contribution in [0.2, 0.25) is 0 Å². The van der Waals surface area contributed by atoms with Crippen LogP contribution in [0.15, 0.2) is 18.5 Å². The lowest BCUT2D eigenvalue weighted by Gasteiger charge is -2.28. The molecule has 2 unspecified atom stereocenters. The quantitative estimate of drug-likeness (QED) is 0.666. The minimum atomic E-state index is -4.41. The van der Waals surface area contributed by atoms with Crippen molar-refractivity contribution in [2.75, 3.05) is 0 Å². The lowest BCUT2D eigenvalue weighted by Crippen LogP contribution is -2.39. The van der Waals surface area contributed by atoms with Gasteiger partial charge in [-0.2, -0.15) is 13.2 Å². The molecule has 0 bridgehead atoms. The number of rotatable bonds is 0. The van der Waals surface area contributed by atoms with Crippen LogP contribution in [-0.2, 0) is 10.3 Å². The second-order valence-corrected chi connectivity index (χ2v) is 3.75. The standard InChI is InChI=1S/C10H10F3NO/c1-6-7-5-14-4-3-8(7)9(2,15-6)10(11,12)13/h3-6H,1-2H3. The van der Waals surface area contributed by atoms with Crippen molar-refractivity contribution in [3.05, 3.63) is 29.6 Å². The zero-order valence-corrected chi connectivity index (χ0v) is 8.30. The van der Waals surface area contributed by atoms with Gasteiger partial charge in [0, 0.05) is 23.5 Å². The van der Waals surface area contributed by atoms with E-state index >= 15 is 0 Å². The van der Waals surface area contributed by atoms with Gasteiger partial charge in [0.2, 0.25) is 0 Å². The zero-order valence-electron chi connectivity index (χ0n) is 8.30. The second-order valence-electron chi connectivity index (χ2n) is 3.75. The number of ether oxygens (including phenoxy) is 1. The SMILES string of the molecule is CC1OC(C)(C(F)(F)F)c2ccncc21. The van der Waals surface area contributed by atoms with Crippen molar-refractivity contribution in [2.24, 2.45) is 0 Å². The monoisotopic (exact) mass is 217 g/mol. The molecule has 0 fully saturated rings. The molecule has 2 atom stereocenters. The second kappa shape index (κ2) is 2.95. The van der Waals surface area contributed by atoms with Crippen LogP contribution < -0.4 is 0 Å². The normalized spacial score (nSPS) is 30.3. The van der Waals surface area contributed by atoms with Crippen molar-refractivity contribution >= 4 is 0 Å². The van der Waals surface area contributed by atoms with E-state index in [-0.39, 0.29) is 5.56 Å². The molecule has 82 valence electrons. The van der Waals surface area contributed by atoms with Crippen molar-refractivity contribution in [3.8, 4) is 0 Å². The lowest BCUT2D eigenvalue weighted by molar-refractivity contribution is -0.280. The summed E-state index contributed by atoms with van der Waals surface area (Å²) in [4.78, 5) is 3.81. The first kappa shape index (κ1) is 10.4. The Morgan fingerprint density at radius 3 is 2.73 bits per heavy atom. The van der Waals surface area contributed by atoms with Crippen LogP contribution in [0.5, 0.6) is 0 Å². The third-order valence-corrected chi connectivity index (χ3v) is 2.76. The van der Waals surface area contributed by atoms with Gasteiger partial charge in [0.1, 0.15) is 0 Å². The van der Waals surface area contributed by atoms with Crippen LogP contribution in [0.25, 0.3) is 0 Å². The molecule has 2 nitrogen and oxygen atoms in total. The third kappa shape index (κ3) is 1.33. The molecule has 0 N–H and O–H groups in total. The van der Waals surface area contributed by atoms with Crippen LogP contribution in [0, 0.1) is 0 Å². The number of nitrogens with zero attached hydrogens (tertiary/aromatic N) is 1. The highest BCUT2D eigenvalue weighted by molar-refractivity contribution is 5.36. The molecule has 1 aromatic heterocycles. The van der Waals surface area contributed by atoms with E-state index in [1.807, 2.05) is 0 Å². The van der Waals surface area contributed by atoms with Gasteiger partial charge in [0.25, 0.3) is 0 Å². The first-order valence-electron chi connectivity index (χ1n) is 4.55. The Balaban J connectivity index is 2.58. The van der Waals surface area contributed by atoms with Gasteiger partial charge in [-0.15, -0.1) is 0 Å². The summed E-state index contributed by atoms with van der Waals surface area (Å²) in [5.74, 6) is 0. The molecule has 0 saturated heterocycles. The molecule has 5 heteroatoms. The van der Waals surface area contributed by atoms with E-state index in [1.165, 1.54) is 18.5 Å². The van der Waals surface area contributed by atoms with Crippen LogP contribution >= 0.6 is 0 Å². The van der Waals surface area contributed by atoms with Gasteiger partial charge in [-0.05, 0) is 19.9 Å². The topological polar surface area (TPSA) is 22.1 Å². The van der Waals surface area contributed by atoms with Gasteiger partial charge in [-0.3, -0.25) is 4.98 Å². The smallest absolute Gasteiger partial charge is 0.353 e. The van der Waals surface area contributed by atoms with E-state index in [1.54, 1.807) is 6.92 Å². The highest BCUT2D eigenvalue weighted by Gasteiger charge is 2.58. The van der Waals surface area contributed by atoms with Gasteiger partial charge in [-0.1, -0.05) is 0 Å². The number of hydrogen-bond donors (Lipinski definition) is 0. The molecule has 1 aliphatic rings. The van der Waals surface area contributed by atoms with E-state index in [2.05, 4.69) is 4.98 Å². The van der Waals surface area contributed by atoms with Crippen molar-refractivity contribution < 1.29 is 17.9 Å². The number of fused-ring (bicyclic) bond motifs is 1. The summed E-state index contributed by atoms with van der Waals surface area (Å²) < 4.78 is 43.6. The molecule has 15 heavy (non-hydrogen) atoms. The van der Waals surface area contributed by atoms with Crippen molar-refractivity contribution in [1.82, 2.24) is 4.98 Å². The Labute approximate surface area is 85.1 Å². The van der Waals surface area contributed by atoms with Crippen molar-refractivity contribution in [2.45, 2.75) is 31.7 Å². The van der Waals surface area contributed by atoms with Gasteiger partial charge >= 0.3 is 6.18 Å². The minimum Gasteiger partial charge on any atom is -0.353 e. The number of alkyl halides is 3. The Bertz CT molecular complexity index is 390. The Hall–Kier alpha value is -1.10. The maximum absolute atomic E-state index is 12.9. The number of aromatic nitrogens is 1. The van der Waals surface area contributed by atoms with Crippen LogP contribution in [0.4, 0.5) is 13.2 Å². The maximum atomic E-state index is 12.9. The molecule has 2 rings (SSSR count). The first-order valence-corrected chi connectivity index (χ1v) is 4.55. The summed E-state index contributed by atoms with van der Waals surface area (Å²) in [7, 11) is 0. The largest absolute Gasteiger partial charge is 0.421 e. The minimum absolute atomic E-state index is 0.164. The van der Waals surface area contributed by atoms with E-state index in [0.29, 0.717) is 5.56 Å². The first-order chi connectivity index (χ1) is 6.86. The molecule has 0 amide bonds. The fourth-order valence-corrected chi connectivity index (χ4v) is 1.87. The number of pyridine rings is 1. The highest BCUT2D eigenvalue weighted by Crippen LogP contribution is 2.51. The number of halogens is 3. The molecule has 0 aliphatic carbocycles. The van der Waals surface area contributed by atoms with E-state index < -0.39 is 17.9 Å². The fraction of sp³-hybridized carbons (Fsp3) is 0.500. The molecule has 2 heterocycles. The molecule has 1 aliphatic heterocycles. The average Bonchev–Trinajstić information content (AvgIpc) is 2.41. The summed E-state index contributed by atoms with van der Waals surface area (Å²) in [6.45, 7) is 2.65. The summed E-state index contributed by atoms with van der Waals surface area (Å²) in [5.41, 5.74) is -1.53. The van der Waals surface area contributed by atoms with Gasteiger partial charge in [-0.25, -0.2) is 0 Å². The average molecular weight is 217 g/mol.